The third-order valence-electron chi connectivity index (χ3n) is 5.38. The second-order valence-electron chi connectivity index (χ2n) is 6.89. The predicted molar refractivity (Wildman–Crippen MR) is 101 cm³/mol. The van der Waals surface area contributed by atoms with Gasteiger partial charge in [-0.05, 0) is 67.4 Å². The molecule has 0 aliphatic carbocycles. The van der Waals surface area contributed by atoms with Crippen LogP contribution in [-0.2, 0) is 11.2 Å². The maximum absolute atomic E-state index is 12.5. The van der Waals surface area contributed by atoms with Crippen molar-refractivity contribution in [1.29, 1.82) is 0 Å². The molecular weight excluding hydrogens is 330 g/mol. The molecule has 1 amide bonds. The number of carbonyl (C=O) groups is 1. The summed E-state index contributed by atoms with van der Waals surface area (Å²) in [6.45, 7) is 2.29. The van der Waals surface area contributed by atoms with Gasteiger partial charge in [-0.3, -0.25) is 14.7 Å². The van der Waals surface area contributed by atoms with Crippen molar-refractivity contribution >= 4 is 23.3 Å². The number of piperidine rings is 3. The molecule has 0 unspecified atom stereocenters. The van der Waals surface area contributed by atoms with Crippen LogP contribution < -0.4 is 5.32 Å². The highest BCUT2D eigenvalue weighted by Crippen LogP contribution is 2.34. The van der Waals surface area contributed by atoms with Crippen LogP contribution in [0.25, 0.3) is 6.08 Å². The van der Waals surface area contributed by atoms with Crippen LogP contribution in [0.3, 0.4) is 0 Å². The molecule has 2 aromatic heterocycles. The van der Waals surface area contributed by atoms with E-state index in [0.717, 1.165) is 24.4 Å². The van der Waals surface area contributed by atoms with Gasteiger partial charge in [0.2, 0.25) is 5.91 Å². The van der Waals surface area contributed by atoms with Crippen molar-refractivity contribution in [1.82, 2.24) is 15.2 Å². The highest BCUT2D eigenvalue weighted by Gasteiger charge is 2.42. The minimum atomic E-state index is 0.0170. The normalized spacial score (nSPS) is 28.3. The monoisotopic (exact) mass is 353 g/mol. The zero-order valence-electron chi connectivity index (χ0n) is 14.2. The van der Waals surface area contributed by atoms with Crippen molar-refractivity contribution < 1.29 is 4.79 Å². The average molecular weight is 353 g/mol. The summed E-state index contributed by atoms with van der Waals surface area (Å²) < 4.78 is 0. The molecule has 4 nitrogen and oxygen atoms in total. The average Bonchev–Trinajstić information content (AvgIpc) is 3.17. The quantitative estimate of drug-likeness (QED) is 0.841. The number of hydrogen-bond acceptors (Lipinski definition) is 4. The third kappa shape index (κ3) is 3.83. The Labute approximate surface area is 152 Å². The molecule has 0 saturated carbocycles. The van der Waals surface area contributed by atoms with Gasteiger partial charge in [-0.15, -0.1) is 11.3 Å². The third-order valence-corrected chi connectivity index (χ3v) is 6.22. The Morgan fingerprint density at radius 2 is 2.20 bits per heavy atom. The molecule has 1 N–H and O–H groups in total. The van der Waals surface area contributed by atoms with Crippen LogP contribution >= 0.6 is 11.3 Å². The summed E-state index contributed by atoms with van der Waals surface area (Å²) in [4.78, 5) is 20.3. The van der Waals surface area contributed by atoms with Gasteiger partial charge in [-0.2, -0.15) is 0 Å². The topological polar surface area (TPSA) is 45.2 Å². The smallest absolute Gasteiger partial charge is 0.244 e. The van der Waals surface area contributed by atoms with E-state index >= 15 is 0 Å². The maximum Gasteiger partial charge on any atom is 0.244 e. The largest absolute Gasteiger partial charge is 0.348 e. The second-order valence-corrected chi connectivity index (χ2v) is 7.87. The van der Waals surface area contributed by atoms with E-state index in [1.54, 1.807) is 17.4 Å². The first kappa shape index (κ1) is 16.5. The molecule has 3 saturated heterocycles. The molecule has 130 valence electrons. The fourth-order valence-electron chi connectivity index (χ4n) is 4.14. The number of rotatable bonds is 5. The lowest BCUT2D eigenvalue weighted by molar-refractivity contribution is -0.119. The molecule has 0 aromatic carbocycles. The van der Waals surface area contributed by atoms with Crippen LogP contribution in [0.4, 0.5) is 0 Å². The zero-order valence-corrected chi connectivity index (χ0v) is 15.0. The van der Waals surface area contributed by atoms with E-state index in [1.165, 1.54) is 18.4 Å². The van der Waals surface area contributed by atoms with E-state index in [0.29, 0.717) is 12.0 Å². The van der Waals surface area contributed by atoms with E-state index in [9.17, 15) is 4.79 Å². The fraction of sp³-hybridized carbons (Fsp3) is 0.400. The Bertz CT molecular complexity index is 721. The highest BCUT2D eigenvalue weighted by atomic mass is 32.1. The van der Waals surface area contributed by atoms with Gasteiger partial charge in [0, 0.05) is 35.4 Å². The lowest BCUT2D eigenvalue weighted by atomic mass is 9.77. The predicted octanol–water partition coefficient (Wildman–Crippen LogP) is 2.98. The number of pyridine rings is 1. The molecule has 3 aliphatic heterocycles. The van der Waals surface area contributed by atoms with Crippen LogP contribution in [0, 0.1) is 5.92 Å². The van der Waals surface area contributed by atoms with E-state index in [2.05, 4.69) is 21.3 Å². The Balaban J connectivity index is 1.46. The van der Waals surface area contributed by atoms with Gasteiger partial charge in [0.1, 0.15) is 0 Å². The Morgan fingerprint density at radius 3 is 2.92 bits per heavy atom. The van der Waals surface area contributed by atoms with E-state index < -0.39 is 0 Å². The lowest BCUT2D eigenvalue weighted by Gasteiger charge is -2.51. The van der Waals surface area contributed by atoms with Crippen molar-refractivity contribution in [3.05, 3.63) is 58.6 Å². The SMILES string of the molecule is O=C(/C=C/c1cccs1)N[C@H]1C2CCN(CC2)[C@H]1Cc1cccnc1. The van der Waals surface area contributed by atoms with Crippen molar-refractivity contribution in [2.75, 3.05) is 13.1 Å². The summed E-state index contributed by atoms with van der Waals surface area (Å²) in [7, 11) is 0. The van der Waals surface area contributed by atoms with Gasteiger partial charge in [-0.1, -0.05) is 12.1 Å². The van der Waals surface area contributed by atoms with E-state index in [4.69, 9.17) is 0 Å². The summed E-state index contributed by atoms with van der Waals surface area (Å²) in [5.41, 5.74) is 1.24. The standard InChI is InChI=1S/C20H23N3OS/c24-19(6-5-17-4-2-12-25-17)22-20-16-7-10-23(11-8-16)18(20)13-15-3-1-9-21-14-15/h1-6,9,12,14,16,18,20H,7-8,10-11,13H2,(H,22,24)/b6-5+/t18-,20-/m0/s1. The first-order valence-corrected chi connectivity index (χ1v) is 9.82. The van der Waals surface area contributed by atoms with Gasteiger partial charge in [0.05, 0.1) is 0 Å². The number of aromatic nitrogens is 1. The Morgan fingerprint density at radius 1 is 1.32 bits per heavy atom. The van der Waals surface area contributed by atoms with E-state index in [1.807, 2.05) is 42.0 Å². The van der Waals surface area contributed by atoms with Gasteiger partial charge in [0.25, 0.3) is 0 Å². The molecule has 2 atom stereocenters. The number of carbonyl (C=O) groups excluding carboxylic acids is 1. The molecule has 5 heteroatoms. The Kier molecular flexibility index (Phi) is 4.95. The maximum atomic E-state index is 12.5. The minimum absolute atomic E-state index is 0.0170. The van der Waals surface area contributed by atoms with Gasteiger partial charge >= 0.3 is 0 Å². The molecule has 2 bridgehead atoms. The second kappa shape index (κ2) is 7.50. The van der Waals surface area contributed by atoms with Crippen molar-refractivity contribution in [2.45, 2.75) is 31.3 Å². The number of nitrogens with zero attached hydrogens (tertiary/aromatic N) is 2. The van der Waals surface area contributed by atoms with Crippen LogP contribution in [0.1, 0.15) is 23.3 Å². The molecule has 5 heterocycles. The van der Waals surface area contributed by atoms with Crippen molar-refractivity contribution in [2.24, 2.45) is 5.92 Å². The van der Waals surface area contributed by atoms with Gasteiger partial charge in [0.15, 0.2) is 0 Å². The van der Waals surface area contributed by atoms with E-state index in [-0.39, 0.29) is 11.9 Å². The minimum Gasteiger partial charge on any atom is -0.348 e. The van der Waals surface area contributed by atoms with Crippen LogP contribution in [0.15, 0.2) is 48.1 Å². The summed E-state index contributed by atoms with van der Waals surface area (Å²) in [5.74, 6) is 0.606. The van der Waals surface area contributed by atoms with Gasteiger partial charge < -0.3 is 5.32 Å². The van der Waals surface area contributed by atoms with Crippen LogP contribution in [-0.4, -0.2) is 41.0 Å². The molecule has 5 rings (SSSR count). The lowest BCUT2D eigenvalue weighted by Crippen LogP contribution is -2.64. The molecule has 3 aliphatic rings. The Hall–Kier alpha value is -1.98. The van der Waals surface area contributed by atoms with Crippen LogP contribution in [0.5, 0.6) is 0 Å². The summed E-state index contributed by atoms with van der Waals surface area (Å²) in [6.07, 6.45) is 10.6. The first-order valence-electron chi connectivity index (χ1n) is 8.94. The molecule has 0 radical (unpaired) electrons. The number of hydrogen-bond donors (Lipinski definition) is 1. The van der Waals surface area contributed by atoms with Crippen molar-refractivity contribution in [3.8, 4) is 0 Å². The molecule has 3 fully saturated rings. The highest BCUT2D eigenvalue weighted by molar-refractivity contribution is 7.10. The first-order chi connectivity index (χ1) is 12.3. The number of nitrogens with one attached hydrogen (secondary N) is 1. The summed E-state index contributed by atoms with van der Waals surface area (Å²) in [5, 5.41) is 5.32. The zero-order chi connectivity index (χ0) is 17.1. The number of fused-ring (bicyclic) bond motifs is 3. The van der Waals surface area contributed by atoms with Gasteiger partial charge in [-0.25, -0.2) is 0 Å². The molecule has 0 spiro atoms. The molecule has 25 heavy (non-hydrogen) atoms. The van der Waals surface area contributed by atoms with Crippen molar-refractivity contribution in [3.63, 3.8) is 0 Å². The summed E-state index contributed by atoms with van der Waals surface area (Å²) in [6, 6.07) is 8.74. The van der Waals surface area contributed by atoms with Crippen LogP contribution in [0.2, 0.25) is 0 Å². The summed E-state index contributed by atoms with van der Waals surface area (Å²) >= 11 is 1.64. The molecule has 2 aromatic rings. The number of thiophene rings is 1. The molecular formula is C20H23N3OS. The fourth-order valence-corrected chi connectivity index (χ4v) is 4.76. The number of amides is 1.